The summed E-state index contributed by atoms with van der Waals surface area (Å²) in [5.41, 5.74) is -0.312. The first-order valence-corrected chi connectivity index (χ1v) is 7.27. The van der Waals surface area contributed by atoms with Gasteiger partial charge in [-0.25, -0.2) is 4.39 Å². The molecule has 0 spiro atoms. The van der Waals surface area contributed by atoms with Gasteiger partial charge in [0.2, 0.25) is 0 Å². The normalized spacial score (nSPS) is 31.9. The summed E-state index contributed by atoms with van der Waals surface area (Å²) < 4.78 is 13.9. The Morgan fingerprint density at radius 3 is 2.89 bits per heavy atom. The van der Waals surface area contributed by atoms with Gasteiger partial charge in [0.15, 0.2) is 0 Å². The topological polar surface area (TPSA) is 23.5 Å². The lowest BCUT2D eigenvalue weighted by Crippen LogP contribution is -2.36. The van der Waals surface area contributed by atoms with Crippen molar-refractivity contribution in [2.45, 2.75) is 50.3 Å². The Balaban J connectivity index is 1.77. The van der Waals surface area contributed by atoms with Gasteiger partial charge in [-0.2, -0.15) is 0 Å². The van der Waals surface area contributed by atoms with Gasteiger partial charge in [0.1, 0.15) is 5.82 Å². The molecule has 104 valence electrons. The van der Waals surface area contributed by atoms with Crippen molar-refractivity contribution >= 4 is 11.6 Å². The number of rotatable bonds is 3. The summed E-state index contributed by atoms with van der Waals surface area (Å²) in [6, 6.07) is 6.00. The number of hydrogen-bond donors (Lipinski definition) is 1. The van der Waals surface area contributed by atoms with E-state index in [1.54, 1.807) is 12.1 Å². The lowest BCUT2D eigenvalue weighted by molar-refractivity contribution is 0.0479. The van der Waals surface area contributed by atoms with Crippen LogP contribution in [0.4, 0.5) is 4.39 Å². The second kappa shape index (κ2) is 4.72. The van der Waals surface area contributed by atoms with Gasteiger partial charge in [-0.3, -0.25) is 4.90 Å². The van der Waals surface area contributed by atoms with Gasteiger partial charge in [-0.05, 0) is 37.8 Å². The van der Waals surface area contributed by atoms with Crippen LogP contribution in [0.15, 0.2) is 18.2 Å². The monoisotopic (exact) mass is 283 g/mol. The van der Waals surface area contributed by atoms with E-state index in [1.165, 1.54) is 18.9 Å². The van der Waals surface area contributed by atoms with Gasteiger partial charge in [0.25, 0.3) is 0 Å². The molecule has 1 aliphatic heterocycles. The molecule has 3 rings (SSSR count). The predicted molar refractivity (Wildman–Crippen MR) is 73.9 cm³/mol. The van der Waals surface area contributed by atoms with Gasteiger partial charge in [0, 0.05) is 25.0 Å². The van der Waals surface area contributed by atoms with Crippen molar-refractivity contribution in [1.29, 1.82) is 0 Å². The molecule has 0 aromatic heterocycles. The highest BCUT2D eigenvalue weighted by Gasteiger charge is 2.46. The van der Waals surface area contributed by atoms with E-state index < -0.39 is 11.4 Å². The fourth-order valence-electron chi connectivity index (χ4n) is 3.29. The zero-order chi connectivity index (χ0) is 13.6. The van der Waals surface area contributed by atoms with Crippen molar-refractivity contribution in [3.63, 3.8) is 0 Å². The summed E-state index contributed by atoms with van der Waals surface area (Å²) in [5, 5.41) is 10.9. The second-order valence-electron chi connectivity index (χ2n) is 6.07. The molecule has 2 aliphatic rings. The minimum atomic E-state index is -0.826. The Hall–Kier alpha value is -0.640. The third-order valence-electron chi connectivity index (χ3n) is 4.29. The maximum absolute atomic E-state index is 13.9. The minimum absolute atomic E-state index is 0.131. The molecule has 1 N–H and O–H groups in total. The molecule has 2 nitrogen and oxygen atoms in total. The lowest BCUT2D eigenvalue weighted by Gasteiger charge is -2.24. The fraction of sp³-hybridized carbons (Fsp3) is 0.600. The SMILES string of the molecule is CC1CC(O)(Cc2cccc(Cl)c2F)CN1C1CC1. The summed E-state index contributed by atoms with van der Waals surface area (Å²) in [7, 11) is 0. The zero-order valence-electron chi connectivity index (χ0n) is 11.1. The predicted octanol–water partition coefficient (Wildman–Crippen LogP) is 3.01. The maximum Gasteiger partial charge on any atom is 0.145 e. The van der Waals surface area contributed by atoms with E-state index in [1.807, 2.05) is 0 Å². The van der Waals surface area contributed by atoms with Crippen LogP contribution in [-0.4, -0.2) is 34.2 Å². The van der Waals surface area contributed by atoms with E-state index in [4.69, 9.17) is 11.6 Å². The van der Waals surface area contributed by atoms with Gasteiger partial charge in [-0.15, -0.1) is 0 Å². The standard InChI is InChI=1S/C15H19ClFNO/c1-10-7-15(19,9-18(10)12-5-6-12)8-11-3-2-4-13(16)14(11)17/h2-4,10,12,19H,5-9H2,1H3. The molecule has 1 saturated carbocycles. The highest BCUT2D eigenvalue weighted by molar-refractivity contribution is 6.30. The molecule has 2 atom stereocenters. The molecule has 4 heteroatoms. The van der Waals surface area contributed by atoms with Crippen molar-refractivity contribution in [3.8, 4) is 0 Å². The van der Waals surface area contributed by atoms with E-state index in [2.05, 4.69) is 11.8 Å². The average Bonchev–Trinajstić information content (AvgIpc) is 3.12. The number of aliphatic hydroxyl groups is 1. The summed E-state index contributed by atoms with van der Waals surface area (Å²) >= 11 is 5.80. The van der Waals surface area contributed by atoms with Crippen LogP contribution in [0.25, 0.3) is 0 Å². The summed E-state index contributed by atoms with van der Waals surface area (Å²) in [4.78, 5) is 2.36. The Labute approximate surface area is 118 Å². The molecular formula is C15H19ClFNO. The van der Waals surface area contributed by atoms with Gasteiger partial charge in [0.05, 0.1) is 10.6 Å². The first-order valence-electron chi connectivity index (χ1n) is 6.89. The molecule has 1 saturated heterocycles. The van der Waals surface area contributed by atoms with E-state index in [9.17, 15) is 9.50 Å². The molecule has 2 unspecified atom stereocenters. The Bertz CT molecular complexity index is 491. The molecule has 1 heterocycles. The number of nitrogens with zero attached hydrogens (tertiary/aromatic N) is 1. The van der Waals surface area contributed by atoms with Crippen molar-refractivity contribution in [2.24, 2.45) is 0 Å². The summed E-state index contributed by atoms with van der Waals surface area (Å²) in [6.07, 6.45) is 3.50. The Morgan fingerprint density at radius 1 is 1.47 bits per heavy atom. The highest BCUT2D eigenvalue weighted by Crippen LogP contribution is 2.38. The smallest absolute Gasteiger partial charge is 0.145 e. The summed E-state index contributed by atoms with van der Waals surface area (Å²) in [5.74, 6) is -0.393. The van der Waals surface area contributed by atoms with Crippen LogP contribution in [-0.2, 0) is 6.42 Å². The number of hydrogen-bond acceptors (Lipinski definition) is 2. The number of β-amino-alcohol motifs (C(OH)–C–C–N with tert-alkyl or cyclic N) is 1. The molecule has 1 aliphatic carbocycles. The van der Waals surface area contributed by atoms with Crippen LogP contribution in [0.5, 0.6) is 0 Å². The van der Waals surface area contributed by atoms with Crippen LogP contribution in [0, 0.1) is 5.82 Å². The van der Waals surface area contributed by atoms with E-state index >= 15 is 0 Å². The maximum atomic E-state index is 13.9. The summed E-state index contributed by atoms with van der Waals surface area (Å²) in [6.45, 7) is 2.79. The van der Waals surface area contributed by atoms with Gasteiger partial charge < -0.3 is 5.11 Å². The van der Waals surface area contributed by atoms with Crippen LogP contribution in [0.3, 0.4) is 0 Å². The minimum Gasteiger partial charge on any atom is -0.388 e. The number of halogens is 2. The van der Waals surface area contributed by atoms with Gasteiger partial charge in [-0.1, -0.05) is 23.7 Å². The van der Waals surface area contributed by atoms with Crippen LogP contribution >= 0.6 is 11.6 Å². The molecule has 0 bridgehead atoms. The zero-order valence-corrected chi connectivity index (χ0v) is 11.8. The van der Waals surface area contributed by atoms with E-state index in [0.717, 1.165) is 0 Å². The lowest BCUT2D eigenvalue weighted by atomic mass is 9.92. The Kier molecular flexibility index (Phi) is 3.32. The van der Waals surface area contributed by atoms with Crippen molar-refractivity contribution in [3.05, 3.63) is 34.6 Å². The highest BCUT2D eigenvalue weighted by atomic mass is 35.5. The number of benzene rings is 1. The largest absolute Gasteiger partial charge is 0.388 e. The van der Waals surface area contributed by atoms with Crippen molar-refractivity contribution in [2.75, 3.05) is 6.54 Å². The molecule has 19 heavy (non-hydrogen) atoms. The molecular weight excluding hydrogens is 265 g/mol. The first-order chi connectivity index (χ1) is 8.98. The quantitative estimate of drug-likeness (QED) is 0.922. The molecule has 1 aromatic rings. The van der Waals surface area contributed by atoms with Crippen molar-refractivity contribution in [1.82, 2.24) is 4.90 Å². The average molecular weight is 284 g/mol. The van der Waals surface area contributed by atoms with E-state index in [-0.39, 0.29) is 5.02 Å². The molecule has 1 aromatic carbocycles. The number of likely N-dealkylation sites (tertiary alicyclic amines) is 1. The first kappa shape index (κ1) is 13.3. The Morgan fingerprint density at radius 2 is 2.21 bits per heavy atom. The molecule has 0 amide bonds. The molecule has 2 fully saturated rings. The third-order valence-corrected chi connectivity index (χ3v) is 4.58. The van der Waals surface area contributed by atoms with Crippen LogP contribution < -0.4 is 0 Å². The van der Waals surface area contributed by atoms with Gasteiger partial charge >= 0.3 is 0 Å². The van der Waals surface area contributed by atoms with Crippen LogP contribution in [0.2, 0.25) is 5.02 Å². The fourth-order valence-corrected chi connectivity index (χ4v) is 3.48. The second-order valence-corrected chi connectivity index (χ2v) is 6.48. The molecule has 0 radical (unpaired) electrons. The van der Waals surface area contributed by atoms with Crippen LogP contribution in [0.1, 0.15) is 31.7 Å². The third kappa shape index (κ3) is 2.64. The van der Waals surface area contributed by atoms with E-state index in [0.29, 0.717) is 37.0 Å². The van der Waals surface area contributed by atoms with Crippen molar-refractivity contribution < 1.29 is 9.50 Å².